The number of ether oxygens (including phenoxy) is 1. The van der Waals surface area contributed by atoms with Crippen molar-refractivity contribution in [2.24, 2.45) is 5.92 Å². The predicted molar refractivity (Wildman–Crippen MR) is 68.4 cm³/mol. The number of nitrogens with zero attached hydrogens (tertiary/aromatic N) is 1. The minimum absolute atomic E-state index is 0.0214. The summed E-state index contributed by atoms with van der Waals surface area (Å²) in [4.78, 5) is 13.8. The summed E-state index contributed by atoms with van der Waals surface area (Å²) >= 11 is 0. The largest absolute Gasteiger partial charge is 0.492 e. The Morgan fingerprint density at radius 2 is 2.28 bits per heavy atom. The van der Waals surface area contributed by atoms with Crippen LogP contribution in [0.3, 0.4) is 0 Å². The average Bonchev–Trinajstić information content (AvgIpc) is 2.44. The molecule has 0 aliphatic carbocycles. The first-order chi connectivity index (χ1) is 8.63. The zero-order valence-corrected chi connectivity index (χ0v) is 10.8. The molecular formula is C14H19NO3. The van der Waals surface area contributed by atoms with Crippen LogP contribution >= 0.6 is 0 Å². The second-order valence-electron chi connectivity index (χ2n) is 4.80. The first-order valence-electron chi connectivity index (χ1n) is 6.21. The Kier molecular flexibility index (Phi) is 3.87. The van der Waals surface area contributed by atoms with Gasteiger partial charge in [-0.2, -0.15) is 0 Å². The molecule has 4 nitrogen and oxygen atoms in total. The number of fused-ring (bicyclic) bond motifs is 1. The lowest BCUT2D eigenvalue weighted by Gasteiger charge is -2.30. The van der Waals surface area contributed by atoms with E-state index in [1.165, 1.54) is 0 Å². The van der Waals surface area contributed by atoms with E-state index in [1.807, 2.05) is 31.2 Å². The van der Waals surface area contributed by atoms with E-state index >= 15 is 0 Å². The van der Waals surface area contributed by atoms with Gasteiger partial charge in [-0.3, -0.25) is 4.79 Å². The summed E-state index contributed by atoms with van der Waals surface area (Å²) in [6.45, 7) is 2.22. The number of aliphatic hydroxyl groups excluding tert-OH is 1. The lowest BCUT2D eigenvalue weighted by atomic mass is 9.95. The van der Waals surface area contributed by atoms with E-state index in [1.54, 1.807) is 11.9 Å². The van der Waals surface area contributed by atoms with E-state index in [0.29, 0.717) is 13.0 Å². The monoisotopic (exact) mass is 249 g/mol. The minimum atomic E-state index is -0.158. The summed E-state index contributed by atoms with van der Waals surface area (Å²) in [6, 6.07) is 7.64. The molecule has 2 atom stereocenters. The summed E-state index contributed by atoms with van der Waals surface area (Å²) < 4.78 is 5.61. The first-order valence-corrected chi connectivity index (χ1v) is 6.21. The van der Waals surface area contributed by atoms with Crippen LogP contribution in [-0.4, -0.2) is 42.2 Å². The molecule has 1 aromatic rings. The van der Waals surface area contributed by atoms with Crippen molar-refractivity contribution in [3.8, 4) is 5.75 Å². The number of amides is 1. The van der Waals surface area contributed by atoms with Gasteiger partial charge in [-0.05, 0) is 25.0 Å². The molecule has 0 saturated carbocycles. The fraction of sp³-hybridized carbons (Fsp3) is 0.500. The maximum atomic E-state index is 12.2. The van der Waals surface area contributed by atoms with Crippen LogP contribution in [-0.2, 0) is 11.2 Å². The standard InChI is InChI=1S/C14H19NO3/c1-10(8-16)15(2)14(17)12-7-11-5-3-4-6-13(11)18-9-12/h3-6,10,12,16H,7-9H2,1-2H3. The molecule has 0 bridgehead atoms. The molecule has 1 heterocycles. The number of aliphatic hydroxyl groups is 1. The van der Waals surface area contributed by atoms with Crippen LogP contribution in [0.2, 0.25) is 0 Å². The van der Waals surface area contributed by atoms with Crippen LogP contribution in [0.5, 0.6) is 5.75 Å². The Hall–Kier alpha value is -1.55. The molecule has 1 aliphatic rings. The van der Waals surface area contributed by atoms with Crippen LogP contribution in [0.25, 0.3) is 0 Å². The van der Waals surface area contributed by atoms with E-state index in [2.05, 4.69) is 0 Å². The van der Waals surface area contributed by atoms with Crippen molar-refractivity contribution in [3.05, 3.63) is 29.8 Å². The van der Waals surface area contributed by atoms with Gasteiger partial charge in [0.1, 0.15) is 12.4 Å². The van der Waals surface area contributed by atoms with Crippen molar-refractivity contribution in [2.75, 3.05) is 20.3 Å². The fourth-order valence-electron chi connectivity index (χ4n) is 2.11. The van der Waals surface area contributed by atoms with E-state index in [-0.39, 0.29) is 24.5 Å². The quantitative estimate of drug-likeness (QED) is 0.872. The maximum Gasteiger partial charge on any atom is 0.229 e. The molecule has 1 N–H and O–H groups in total. The number of carbonyl (C=O) groups excluding carboxylic acids is 1. The lowest BCUT2D eigenvalue weighted by molar-refractivity contribution is -0.138. The highest BCUT2D eigenvalue weighted by Gasteiger charge is 2.29. The highest BCUT2D eigenvalue weighted by molar-refractivity contribution is 5.79. The summed E-state index contributed by atoms with van der Waals surface area (Å²) in [5.41, 5.74) is 1.08. The lowest BCUT2D eigenvalue weighted by Crippen LogP contribution is -2.44. The zero-order chi connectivity index (χ0) is 13.1. The second-order valence-corrected chi connectivity index (χ2v) is 4.80. The van der Waals surface area contributed by atoms with Crippen LogP contribution in [0.15, 0.2) is 24.3 Å². The molecule has 0 fully saturated rings. The fourth-order valence-corrected chi connectivity index (χ4v) is 2.11. The van der Waals surface area contributed by atoms with Gasteiger partial charge in [0.2, 0.25) is 5.91 Å². The zero-order valence-electron chi connectivity index (χ0n) is 10.8. The normalized spacial score (nSPS) is 19.6. The van der Waals surface area contributed by atoms with Gasteiger partial charge in [0.15, 0.2) is 0 Å². The number of hydrogen-bond donors (Lipinski definition) is 1. The van der Waals surface area contributed by atoms with Crippen molar-refractivity contribution < 1.29 is 14.6 Å². The first kappa shape index (κ1) is 12.9. The highest BCUT2D eigenvalue weighted by Crippen LogP contribution is 2.27. The molecule has 1 aliphatic heterocycles. The number of para-hydroxylation sites is 1. The molecule has 1 amide bonds. The molecule has 0 radical (unpaired) electrons. The summed E-state index contributed by atoms with van der Waals surface area (Å²) in [6.07, 6.45) is 0.706. The summed E-state index contributed by atoms with van der Waals surface area (Å²) in [7, 11) is 1.73. The Morgan fingerprint density at radius 3 is 3.00 bits per heavy atom. The van der Waals surface area contributed by atoms with Gasteiger partial charge in [0.05, 0.1) is 18.6 Å². The maximum absolute atomic E-state index is 12.2. The van der Waals surface area contributed by atoms with E-state index < -0.39 is 0 Å². The number of benzene rings is 1. The van der Waals surface area contributed by atoms with Crippen LogP contribution in [0.4, 0.5) is 0 Å². The number of carbonyl (C=O) groups is 1. The third kappa shape index (κ3) is 2.48. The topological polar surface area (TPSA) is 49.8 Å². The molecule has 2 rings (SSSR count). The van der Waals surface area contributed by atoms with E-state index in [9.17, 15) is 4.79 Å². The summed E-state index contributed by atoms with van der Waals surface area (Å²) in [5, 5.41) is 9.09. The SMILES string of the molecule is CC(CO)N(C)C(=O)C1COc2ccccc2C1. The molecule has 0 aromatic heterocycles. The van der Waals surface area contributed by atoms with E-state index in [4.69, 9.17) is 9.84 Å². The highest BCUT2D eigenvalue weighted by atomic mass is 16.5. The Bertz CT molecular complexity index is 433. The van der Waals surface area contributed by atoms with E-state index in [0.717, 1.165) is 11.3 Å². The number of hydrogen-bond acceptors (Lipinski definition) is 3. The van der Waals surface area contributed by atoms with Crippen LogP contribution in [0, 0.1) is 5.92 Å². The third-order valence-electron chi connectivity index (χ3n) is 3.50. The van der Waals surface area contributed by atoms with Gasteiger partial charge in [0.25, 0.3) is 0 Å². The second kappa shape index (κ2) is 5.40. The molecule has 4 heteroatoms. The predicted octanol–water partition coefficient (Wildman–Crippen LogP) is 1.08. The average molecular weight is 249 g/mol. The summed E-state index contributed by atoms with van der Waals surface area (Å²) in [5.74, 6) is 0.754. The molecule has 2 unspecified atom stereocenters. The van der Waals surface area contributed by atoms with Gasteiger partial charge in [-0.25, -0.2) is 0 Å². The Labute approximate surface area is 107 Å². The molecule has 0 spiro atoms. The minimum Gasteiger partial charge on any atom is -0.492 e. The van der Waals surface area contributed by atoms with Gasteiger partial charge in [0, 0.05) is 7.05 Å². The van der Waals surface area contributed by atoms with Crippen molar-refractivity contribution in [1.29, 1.82) is 0 Å². The van der Waals surface area contributed by atoms with Gasteiger partial charge in [-0.15, -0.1) is 0 Å². The third-order valence-corrected chi connectivity index (χ3v) is 3.50. The van der Waals surface area contributed by atoms with Gasteiger partial charge < -0.3 is 14.7 Å². The number of likely N-dealkylation sites (N-methyl/N-ethyl adjacent to an activating group) is 1. The van der Waals surface area contributed by atoms with Crippen LogP contribution in [0.1, 0.15) is 12.5 Å². The van der Waals surface area contributed by atoms with Crippen molar-refractivity contribution in [3.63, 3.8) is 0 Å². The molecular weight excluding hydrogens is 230 g/mol. The molecule has 0 saturated heterocycles. The van der Waals surface area contributed by atoms with Gasteiger partial charge in [-0.1, -0.05) is 18.2 Å². The van der Waals surface area contributed by atoms with Gasteiger partial charge >= 0.3 is 0 Å². The van der Waals surface area contributed by atoms with Crippen molar-refractivity contribution in [1.82, 2.24) is 4.90 Å². The molecule has 98 valence electrons. The van der Waals surface area contributed by atoms with Crippen LogP contribution < -0.4 is 4.74 Å². The number of rotatable bonds is 3. The Morgan fingerprint density at radius 1 is 1.56 bits per heavy atom. The Balaban J connectivity index is 2.07. The smallest absolute Gasteiger partial charge is 0.229 e. The van der Waals surface area contributed by atoms with Crippen molar-refractivity contribution >= 4 is 5.91 Å². The molecule has 18 heavy (non-hydrogen) atoms. The van der Waals surface area contributed by atoms with Crippen molar-refractivity contribution in [2.45, 2.75) is 19.4 Å². The molecule has 1 aromatic carbocycles.